The van der Waals surface area contributed by atoms with Crippen molar-refractivity contribution in [2.24, 2.45) is 5.92 Å². The van der Waals surface area contributed by atoms with Gasteiger partial charge in [0.25, 0.3) is 5.91 Å². The van der Waals surface area contributed by atoms with Gasteiger partial charge in [0.1, 0.15) is 5.75 Å². The highest BCUT2D eigenvalue weighted by molar-refractivity contribution is 5.77. The smallest absolute Gasteiger partial charge is 0.260 e. The van der Waals surface area contributed by atoms with E-state index in [0.717, 1.165) is 25.1 Å². The van der Waals surface area contributed by atoms with Gasteiger partial charge < -0.3 is 14.1 Å². The van der Waals surface area contributed by atoms with Crippen molar-refractivity contribution in [2.45, 2.75) is 19.8 Å². The standard InChI is InChI=1S/C16H19N3O3/c1-12-3-2-8-19(9-12)15(20)10-21-14-6-4-13(5-7-14)16-18-17-11-22-16/h4-7,11-12H,2-3,8-10H2,1H3/t12-/m1/s1. The number of hydrogen-bond donors (Lipinski definition) is 0. The number of aromatic nitrogens is 2. The molecule has 22 heavy (non-hydrogen) atoms. The molecular weight excluding hydrogens is 282 g/mol. The summed E-state index contributed by atoms with van der Waals surface area (Å²) in [7, 11) is 0. The maximum atomic E-state index is 12.1. The largest absolute Gasteiger partial charge is 0.484 e. The molecule has 1 aliphatic rings. The van der Waals surface area contributed by atoms with Gasteiger partial charge in [-0.3, -0.25) is 4.79 Å². The second-order valence-corrected chi connectivity index (χ2v) is 5.64. The lowest BCUT2D eigenvalue weighted by atomic mass is 10.0. The summed E-state index contributed by atoms with van der Waals surface area (Å²) in [6, 6.07) is 7.25. The van der Waals surface area contributed by atoms with Crippen molar-refractivity contribution in [2.75, 3.05) is 19.7 Å². The van der Waals surface area contributed by atoms with Crippen LogP contribution in [0, 0.1) is 5.92 Å². The molecule has 2 heterocycles. The molecule has 0 bridgehead atoms. The molecule has 0 radical (unpaired) electrons. The Morgan fingerprint density at radius 3 is 2.91 bits per heavy atom. The maximum absolute atomic E-state index is 12.1. The summed E-state index contributed by atoms with van der Waals surface area (Å²) in [6.45, 7) is 3.92. The number of carbonyl (C=O) groups excluding carboxylic acids is 1. The third kappa shape index (κ3) is 3.44. The predicted molar refractivity (Wildman–Crippen MR) is 80.2 cm³/mol. The van der Waals surface area contributed by atoms with Crippen LogP contribution in [-0.2, 0) is 4.79 Å². The number of hydrogen-bond acceptors (Lipinski definition) is 5. The monoisotopic (exact) mass is 301 g/mol. The number of carbonyl (C=O) groups is 1. The van der Waals surface area contributed by atoms with E-state index in [1.54, 1.807) is 12.1 Å². The lowest BCUT2D eigenvalue weighted by Crippen LogP contribution is -2.41. The molecule has 3 rings (SSSR count). The molecule has 1 fully saturated rings. The van der Waals surface area contributed by atoms with E-state index < -0.39 is 0 Å². The van der Waals surface area contributed by atoms with Gasteiger partial charge in [-0.25, -0.2) is 0 Å². The Morgan fingerprint density at radius 2 is 2.23 bits per heavy atom. The first-order chi connectivity index (χ1) is 10.7. The number of benzene rings is 1. The summed E-state index contributed by atoms with van der Waals surface area (Å²) >= 11 is 0. The number of ether oxygens (including phenoxy) is 1. The van der Waals surface area contributed by atoms with Crippen LogP contribution in [0.2, 0.25) is 0 Å². The van der Waals surface area contributed by atoms with Gasteiger partial charge in [-0.15, -0.1) is 10.2 Å². The Hall–Kier alpha value is -2.37. The lowest BCUT2D eigenvalue weighted by molar-refractivity contribution is -0.135. The van der Waals surface area contributed by atoms with Crippen LogP contribution >= 0.6 is 0 Å². The van der Waals surface area contributed by atoms with Crippen molar-refractivity contribution in [3.8, 4) is 17.2 Å². The van der Waals surface area contributed by atoms with Gasteiger partial charge in [-0.05, 0) is 43.0 Å². The van der Waals surface area contributed by atoms with E-state index in [2.05, 4.69) is 17.1 Å². The van der Waals surface area contributed by atoms with E-state index >= 15 is 0 Å². The molecule has 1 aromatic heterocycles. The zero-order valence-electron chi connectivity index (χ0n) is 12.6. The van der Waals surface area contributed by atoms with Crippen LogP contribution in [0.4, 0.5) is 0 Å². The van der Waals surface area contributed by atoms with E-state index in [9.17, 15) is 4.79 Å². The SMILES string of the molecule is C[C@@H]1CCCN(C(=O)COc2ccc(-c3nnco3)cc2)C1. The van der Waals surface area contributed by atoms with Gasteiger partial charge in [-0.1, -0.05) is 6.92 Å². The Bertz CT molecular complexity index is 610. The second-order valence-electron chi connectivity index (χ2n) is 5.64. The van der Waals surface area contributed by atoms with Gasteiger partial charge in [0, 0.05) is 18.7 Å². The first-order valence-electron chi connectivity index (χ1n) is 7.49. The molecule has 6 nitrogen and oxygen atoms in total. The summed E-state index contributed by atoms with van der Waals surface area (Å²) < 4.78 is 10.7. The molecule has 0 N–H and O–H groups in total. The van der Waals surface area contributed by atoms with E-state index in [0.29, 0.717) is 17.6 Å². The predicted octanol–water partition coefficient (Wildman–Crippen LogP) is 2.37. The minimum absolute atomic E-state index is 0.0486. The van der Waals surface area contributed by atoms with Gasteiger partial charge in [0.15, 0.2) is 6.61 Å². The number of piperidine rings is 1. The number of likely N-dealkylation sites (tertiary alicyclic amines) is 1. The van der Waals surface area contributed by atoms with Gasteiger partial charge in [0.05, 0.1) is 0 Å². The molecule has 1 amide bonds. The average molecular weight is 301 g/mol. The third-order valence-electron chi connectivity index (χ3n) is 3.83. The van der Waals surface area contributed by atoms with Crippen molar-refractivity contribution in [3.05, 3.63) is 30.7 Å². The summed E-state index contributed by atoms with van der Waals surface area (Å²) in [5, 5.41) is 7.48. The molecule has 1 aliphatic heterocycles. The second kappa shape index (κ2) is 6.60. The highest BCUT2D eigenvalue weighted by atomic mass is 16.5. The zero-order chi connectivity index (χ0) is 15.4. The van der Waals surface area contributed by atoms with E-state index in [1.165, 1.54) is 12.8 Å². The molecule has 1 saturated heterocycles. The molecule has 1 aromatic carbocycles. The topological polar surface area (TPSA) is 68.5 Å². The zero-order valence-corrected chi connectivity index (χ0v) is 12.6. The first kappa shape index (κ1) is 14.6. The Labute approximate surface area is 129 Å². The lowest BCUT2D eigenvalue weighted by Gasteiger charge is -2.30. The minimum Gasteiger partial charge on any atom is -0.484 e. The van der Waals surface area contributed by atoms with Crippen LogP contribution in [0.5, 0.6) is 5.75 Å². The van der Waals surface area contributed by atoms with Crippen LogP contribution in [0.15, 0.2) is 35.1 Å². The molecular formula is C16H19N3O3. The number of amides is 1. The van der Waals surface area contributed by atoms with E-state index in [4.69, 9.17) is 9.15 Å². The molecule has 6 heteroatoms. The fourth-order valence-electron chi connectivity index (χ4n) is 2.64. The Balaban J connectivity index is 1.54. The molecule has 2 aromatic rings. The van der Waals surface area contributed by atoms with Crippen molar-refractivity contribution in [1.82, 2.24) is 15.1 Å². The van der Waals surface area contributed by atoms with Crippen LogP contribution in [-0.4, -0.2) is 40.7 Å². The number of nitrogens with zero attached hydrogens (tertiary/aromatic N) is 3. The van der Waals surface area contributed by atoms with Crippen LogP contribution < -0.4 is 4.74 Å². The van der Waals surface area contributed by atoms with E-state index in [1.807, 2.05) is 17.0 Å². The Kier molecular flexibility index (Phi) is 4.37. The molecule has 116 valence electrons. The molecule has 0 aliphatic carbocycles. The third-order valence-corrected chi connectivity index (χ3v) is 3.83. The summed E-state index contributed by atoms with van der Waals surface area (Å²) in [6.07, 6.45) is 3.56. The van der Waals surface area contributed by atoms with Crippen molar-refractivity contribution in [3.63, 3.8) is 0 Å². The normalized spacial score (nSPS) is 18.2. The average Bonchev–Trinajstić information content (AvgIpc) is 3.07. The fourth-order valence-corrected chi connectivity index (χ4v) is 2.64. The van der Waals surface area contributed by atoms with Gasteiger partial charge in [0.2, 0.25) is 12.3 Å². The molecule has 0 saturated carbocycles. The minimum atomic E-state index is 0.0486. The highest BCUT2D eigenvalue weighted by Crippen LogP contribution is 2.20. The first-order valence-corrected chi connectivity index (χ1v) is 7.49. The fraction of sp³-hybridized carbons (Fsp3) is 0.438. The molecule has 1 atom stereocenters. The van der Waals surface area contributed by atoms with Crippen molar-refractivity contribution in [1.29, 1.82) is 0 Å². The van der Waals surface area contributed by atoms with Crippen molar-refractivity contribution >= 4 is 5.91 Å². The summed E-state index contributed by atoms with van der Waals surface area (Å²) in [5.41, 5.74) is 0.820. The van der Waals surface area contributed by atoms with Crippen LogP contribution in [0.25, 0.3) is 11.5 Å². The van der Waals surface area contributed by atoms with E-state index in [-0.39, 0.29) is 12.5 Å². The summed E-state index contributed by atoms with van der Waals surface area (Å²) in [5.74, 6) is 1.74. The quantitative estimate of drug-likeness (QED) is 0.867. The Morgan fingerprint density at radius 1 is 1.41 bits per heavy atom. The van der Waals surface area contributed by atoms with Gasteiger partial charge >= 0.3 is 0 Å². The summed E-state index contributed by atoms with van der Waals surface area (Å²) in [4.78, 5) is 14.0. The van der Waals surface area contributed by atoms with Gasteiger partial charge in [-0.2, -0.15) is 0 Å². The van der Waals surface area contributed by atoms with Crippen molar-refractivity contribution < 1.29 is 13.9 Å². The highest BCUT2D eigenvalue weighted by Gasteiger charge is 2.21. The van der Waals surface area contributed by atoms with Crippen LogP contribution in [0.1, 0.15) is 19.8 Å². The molecule has 0 unspecified atom stereocenters. The number of rotatable bonds is 4. The van der Waals surface area contributed by atoms with Crippen LogP contribution in [0.3, 0.4) is 0 Å². The maximum Gasteiger partial charge on any atom is 0.260 e. The molecule has 0 spiro atoms.